The van der Waals surface area contributed by atoms with Crippen LogP contribution in [0.4, 0.5) is 23.1 Å². The van der Waals surface area contributed by atoms with E-state index >= 15 is 0 Å². The Morgan fingerprint density at radius 2 is 1.53 bits per heavy atom. The van der Waals surface area contributed by atoms with Crippen molar-refractivity contribution >= 4 is 28.8 Å². The van der Waals surface area contributed by atoms with Crippen LogP contribution in [0.3, 0.4) is 0 Å². The molecule has 0 amide bonds. The largest absolute Gasteiger partial charge is 0.470 e. The fourth-order valence-electron chi connectivity index (χ4n) is 1.30. The molecule has 14 nitrogen and oxygen atoms in total. The van der Waals surface area contributed by atoms with E-state index in [-0.39, 0.29) is 0 Å². The molecular formula is C5H2N8O6. The van der Waals surface area contributed by atoms with Crippen LogP contribution in [0.1, 0.15) is 0 Å². The minimum Gasteiger partial charge on any atom is -0.375 e. The third-order valence-corrected chi connectivity index (χ3v) is 2.04. The van der Waals surface area contributed by atoms with Crippen LogP contribution in [-0.2, 0) is 0 Å². The molecule has 2 aromatic heterocycles. The Kier molecular flexibility index (Phi) is 2.40. The van der Waals surface area contributed by atoms with Gasteiger partial charge in [0, 0.05) is 0 Å². The predicted molar refractivity (Wildman–Crippen MR) is 55.2 cm³/mol. The maximum absolute atomic E-state index is 10.7. The normalized spacial score (nSPS) is 10.5. The van der Waals surface area contributed by atoms with Gasteiger partial charge in [0.1, 0.15) is 0 Å². The number of rotatable bonds is 3. The lowest BCUT2D eigenvalue weighted by atomic mass is 10.5. The van der Waals surface area contributed by atoms with E-state index in [1.54, 1.807) is 0 Å². The van der Waals surface area contributed by atoms with Crippen LogP contribution in [0.15, 0.2) is 0 Å². The zero-order chi connectivity index (χ0) is 14.3. The van der Waals surface area contributed by atoms with Crippen molar-refractivity contribution in [2.24, 2.45) is 0 Å². The van der Waals surface area contributed by atoms with Gasteiger partial charge in [-0.2, -0.15) is 0 Å². The van der Waals surface area contributed by atoms with Gasteiger partial charge in [-0.3, -0.25) is 10.1 Å². The monoisotopic (exact) mass is 270 g/mol. The molecule has 0 spiro atoms. The third-order valence-electron chi connectivity index (χ3n) is 2.04. The molecule has 0 fully saturated rings. The number of nitrogen functional groups attached to an aromatic ring is 1. The highest BCUT2D eigenvalue weighted by Crippen LogP contribution is 2.31. The summed E-state index contributed by atoms with van der Waals surface area (Å²) in [4.78, 5) is 28.7. The molecular weight excluding hydrogens is 268 g/mol. The van der Waals surface area contributed by atoms with Crippen molar-refractivity contribution < 1.29 is 14.8 Å². The first-order chi connectivity index (χ1) is 8.84. The van der Waals surface area contributed by atoms with Crippen molar-refractivity contribution in [2.45, 2.75) is 0 Å². The molecule has 98 valence electrons. The van der Waals surface area contributed by atoms with Gasteiger partial charge in [0.25, 0.3) is 5.82 Å². The van der Waals surface area contributed by atoms with Gasteiger partial charge in [-0.05, 0) is 14.9 Å². The highest BCUT2D eigenvalue weighted by molar-refractivity contribution is 5.71. The summed E-state index contributed by atoms with van der Waals surface area (Å²) in [5.74, 6) is -2.75. The molecule has 2 rings (SSSR count). The van der Waals surface area contributed by atoms with Gasteiger partial charge >= 0.3 is 23.0 Å². The van der Waals surface area contributed by atoms with Crippen molar-refractivity contribution in [1.82, 2.24) is 19.8 Å². The first kappa shape index (κ1) is 12.0. The van der Waals surface area contributed by atoms with Gasteiger partial charge in [0.2, 0.25) is 0 Å². The van der Waals surface area contributed by atoms with E-state index in [2.05, 4.69) is 15.3 Å². The number of aromatic nitrogens is 4. The minimum atomic E-state index is -1.13. The van der Waals surface area contributed by atoms with Crippen molar-refractivity contribution in [2.75, 3.05) is 5.73 Å². The van der Waals surface area contributed by atoms with Crippen LogP contribution in [-0.4, -0.2) is 34.6 Å². The molecule has 0 saturated carbocycles. The van der Waals surface area contributed by atoms with Gasteiger partial charge in [-0.25, -0.2) is 0 Å². The number of fused-ring (bicyclic) bond motifs is 1. The molecule has 0 aromatic carbocycles. The Labute approximate surface area is 100 Å². The molecule has 2 aromatic rings. The van der Waals surface area contributed by atoms with Crippen LogP contribution >= 0.6 is 0 Å². The molecule has 0 aliphatic carbocycles. The second-order valence-electron chi connectivity index (χ2n) is 3.09. The summed E-state index contributed by atoms with van der Waals surface area (Å²) in [6.45, 7) is 0. The lowest BCUT2D eigenvalue weighted by molar-refractivity contribution is -0.423. The van der Waals surface area contributed by atoms with Crippen LogP contribution in [0.25, 0.3) is 5.65 Å². The number of nitro groups is 3. The summed E-state index contributed by atoms with van der Waals surface area (Å²) in [5.41, 5.74) is 3.62. The van der Waals surface area contributed by atoms with E-state index in [9.17, 15) is 30.3 Å². The van der Waals surface area contributed by atoms with Crippen molar-refractivity contribution in [1.29, 1.82) is 0 Å². The highest BCUT2D eigenvalue weighted by atomic mass is 16.6. The molecule has 0 radical (unpaired) electrons. The van der Waals surface area contributed by atoms with Crippen molar-refractivity contribution in [3.63, 3.8) is 0 Å². The van der Waals surface area contributed by atoms with E-state index in [0.29, 0.717) is 4.52 Å². The molecule has 0 aliphatic rings. The Hall–Kier alpha value is -3.45. The molecule has 14 heteroatoms. The zero-order valence-electron chi connectivity index (χ0n) is 8.66. The predicted octanol–water partition coefficient (Wildman–Crippen LogP) is -0.569. The fraction of sp³-hybridized carbons (Fsp3) is 0. The first-order valence-electron chi connectivity index (χ1n) is 4.32. The molecule has 0 unspecified atom stereocenters. The summed E-state index contributed by atoms with van der Waals surface area (Å²) in [5, 5.41) is 41.4. The molecule has 2 heterocycles. The van der Waals surface area contributed by atoms with Crippen LogP contribution in [0.5, 0.6) is 0 Å². The number of anilines is 1. The average molecular weight is 270 g/mol. The topological polar surface area (TPSA) is 199 Å². The second kappa shape index (κ2) is 3.79. The molecule has 2 N–H and O–H groups in total. The molecule has 0 aliphatic heterocycles. The Morgan fingerprint density at radius 1 is 0.947 bits per heavy atom. The minimum absolute atomic E-state index is 0.432. The van der Waals surface area contributed by atoms with Crippen LogP contribution < -0.4 is 5.73 Å². The van der Waals surface area contributed by atoms with E-state index in [0.717, 1.165) is 0 Å². The smallest absolute Gasteiger partial charge is 0.375 e. The SMILES string of the molecule is Nc1c([N+](=O)[O-])nnc2c([N+](=O)[O-])c([N+](=O)[O-])nn12. The Bertz CT molecular complexity index is 735. The van der Waals surface area contributed by atoms with Crippen molar-refractivity contribution in [3.05, 3.63) is 30.3 Å². The molecule has 0 atom stereocenters. The lowest BCUT2D eigenvalue weighted by Crippen LogP contribution is -2.07. The Morgan fingerprint density at radius 3 is 2.00 bits per heavy atom. The lowest BCUT2D eigenvalue weighted by Gasteiger charge is -1.93. The third kappa shape index (κ3) is 1.63. The number of hydrogen-bond donors (Lipinski definition) is 1. The Balaban J connectivity index is 2.91. The summed E-state index contributed by atoms with van der Waals surface area (Å²) < 4.78 is 0.432. The fourth-order valence-corrected chi connectivity index (χ4v) is 1.30. The first-order valence-corrected chi connectivity index (χ1v) is 4.32. The van der Waals surface area contributed by atoms with Gasteiger partial charge in [-0.1, -0.05) is 4.52 Å². The zero-order valence-corrected chi connectivity index (χ0v) is 8.66. The van der Waals surface area contributed by atoms with E-state index in [1.165, 1.54) is 0 Å². The van der Waals surface area contributed by atoms with Gasteiger partial charge in [-0.15, -0.1) is 0 Å². The highest BCUT2D eigenvalue weighted by Gasteiger charge is 2.39. The van der Waals surface area contributed by atoms with Crippen molar-refractivity contribution in [3.8, 4) is 0 Å². The maximum atomic E-state index is 10.7. The standard InChI is InChI=1S/C5H2N8O6/c6-2-5(13(18)19)8-7-3-1(11(14)15)4(12(16)17)9-10(2)3/h6H2. The van der Waals surface area contributed by atoms with E-state index < -0.39 is 43.6 Å². The molecule has 0 bridgehead atoms. The molecule has 19 heavy (non-hydrogen) atoms. The summed E-state index contributed by atoms with van der Waals surface area (Å²) in [7, 11) is 0. The summed E-state index contributed by atoms with van der Waals surface area (Å²) in [6, 6.07) is 0. The van der Waals surface area contributed by atoms with Gasteiger partial charge in [0.15, 0.2) is 0 Å². The number of hydrogen-bond acceptors (Lipinski definition) is 10. The van der Waals surface area contributed by atoms with Crippen LogP contribution in [0.2, 0.25) is 0 Å². The number of nitrogens with zero attached hydrogens (tertiary/aromatic N) is 7. The van der Waals surface area contributed by atoms with Crippen LogP contribution in [0, 0.1) is 30.3 Å². The van der Waals surface area contributed by atoms with E-state index in [1.807, 2.05) is 0 Å². The second-order valence-corrected chi connectivity index (χ2v) is 3.09. The van der Waals surface area contributed by atoms with Gasteiger partial charge < -0.3 is 26.0 Å². The maximum Gasteiger partial charge on any atom is 0.470 e. The van der Waals surface area contributed by atoms with E-state index in [4.69, 9.17) is 5.73 Å². The number of nitrogens with two attached hydrogens (primary N) is 1. The quantitative estimate of drug-likeness (QED) is 0.555. The summed E-state index contributed by atoms with van der Waals surface area (Å²) in [6.07, 6.45) is 0. The van der Waals surface area contributed by atoms with Gasteiger partial charge in [0.05, 0.1) is 15.1 Å². The summed E-state index contributed by atoms with van der Waals surface area (Å²) >= 11 is 0. The molecule has 0 saturated heterocycles. The average Bonchev–Trinajstić information content (AvgIpc) is 2.69.